The van der Waals surface area contributed by atoms with Crippen molar-refractivity contribution in [2.24, 2.45) is 5.73 Å². The number of ether oxygens (including phenoxy) is 1. The molecule has 0 bridgehead atoms. The Morgan fingerprint density at radius 3 is 2.62 bits per heavy atom. The maximum absolute atomic E-state index is 6.16. The van der Waals surface area contributed by atoms with Crippen molar-refractivity contribution >= 4 is 39.1 Å². The van der Waals surface area contributed by atoms with Gasteiger partial charge in [-0.1, -0.05) is 36.5 Å². The van der Waals surface area contributed by atoms with Gasteiger partial charge in [0.05, 0.1) is 10.0 Å². The van der Waals surface area contributed by atoms with Gasteiger partial charge >= 0.3 is 0 Å². The molecule has 1 aromatic carbocycles. The molecule has 3 nitrogen and oxygen atoms in total. The molecule has 0 atom stereocenters. The van der Waals surface area contributed by atoms with Gasteiger partial charge in [-0.05, 0) is 40.0 Å². The molecule has 1 heterocycles. The summed E-state index contributed by atoms with van der Waals surface area (Å²) in [6.45, 7) is 2.53. The number of benzene rings is 1. The summed E-state index contributed by atoms with van der Waals surface area (Å²) in [5.41, 5.74) is 7.64. The fourth-order valence-corrected chi connectivity index (χ4v) is 2.70. The minimum atomic E-state index is 0.435. The van der Waals surface area contributed by atoms with Gasteiger partial charge in [-0.25, -0.2) is 4.98 Å². The maximum atomic E-state index is 6.16. The molecule has 0 radical (unpaired) electrons. The molecule has 2 N–H and O–H groups in total. The minimum Gasteiger partial charge on any atom is -0.437 e. The maximum Gasteiger partial charge on any atom is 0.219 e. The summed E-state index contributed by atoms with van der Waals surface area (Å²) < 4.78 is 6.49. The summed E-state index contributed by atoms with van der Waals surface area (Å²) in [5.74, 6) is 0.940. The monoisotopic (exact) mass is 388 g/mol. The molecule has 6 heteroatoms. The van der Waals surface area contributed by atoms with Crippen LogP contribution in [0.25, 0.3) is 0 Å². The molecule has 0 amide bonds. The highest BCUT2D eigenvalue weighted by Gasteiger charge is 2.10. The lowest BCUT2D eigenvalue weighted by Gasteiger charge is -2.11. The van der Waals surface area contributed by atoms with Gasteiger partial charge in [-0.3, -0.25) is 0 Å². The standard InChI is InChI=1S/C15H15BrCl2N2O/c1-2-3-10-4-9(8-19)5-15(20-10)21-14-7-12(17)11(16)6-13(14)18/h4-7H,2-3,8,19H2,1H3. The molecule has 0 aliphatic heterocycles. The van der Waals surface area contributed by atoms with E-state index in [2.05, 4.69) is 27.8 Å². The number of nitrogens with two attached hydrogens (primary N) is 1. The van der Waals surface area contributed by atoms with Gasteiger partial charge in [0.25, 0.3) is 0 Å². The third kappa shape index (κ3) is 4.33. The molecule has 112 valence electrons. The summed E-state index contributed by atoms with van der Waals surface area (Å²) in [5, 5.41) is 0.987. The van der Waals surface area contributed by atoms with Crippen LogP contribution in [0, 0.1) is 0 Å². The van der Waals surface area contributed by atoms with Crippen LogP contribution in [0.5, 0.6) is 11.6 Å². The molecule has 0 fully saturated rings. The fraction of sp³-hybridized carbons (Fsp3) is 0.267. The highest BCUT2D eigenvalue weighted by molar-refractivity contribution is 9.10. The van der Waals surface area contributed by atoms with Crippen molar-refractivity contribution in [2.45, 2.75) is 26.3 Å². The lowest BCUT2D eigenvalue weighted by Crippen LogP contribution is -2.01. The Morgan fingerprint density at radius 1 is 1.19 bits per heavy atom. The molecule has 0 saturated heterocycles. The Bertz CT molecular complexity index is 650. The van der Waals surface area contributed by atoms with Crippen molar-refractivity contribution in [2.75, 3.05) is 0 Å². The van der Waals surface area contributed by atoms with E-state index in [1.165, 1.54) is 0 Å². The molecule has 1 aromatic heterocycles. The molecule has 2 rings (SSSR count). The zero-order chi connectivity index (χ0) is 15.4. The fourth-order valence-electron chi connectivity index (χ4n) is 1.87. The van der Waals surface area contributed by atoms with E-state index in [0.717, 1.165) is 28.6 Å². The van der Waals surface area contributed by atoms with Crippen LogP contribution in [0.2, 0.25) is 10.0 Å². The topological polar surface area (TPSA) is 48.1 Å². The van der Waals surface area contributed by atoms with E-state index in [0.29, 0.717) is 28.2 Å². The molecular formula is C15H15BrCl2N2O. The van der Waals surface area contributed by atoms with Crippen LogP contribution >= 0.6 is 39.1 Å². The summed E-state index contributed by atoms with van der Waals surface area (Å²) in [6.07, 6.45) is 1.88. The first kappa shape index (κ1) is 16.6. The third-order valence-corrected chi connectivity index (χ3v) is 4.34. The van der Waals surface area contributed by atoms with Crippen molar-refractivity contribution in [3.8, 4) is 11.6 Å². The van der Waals surface area contributed by atoms with E-state index in [1.807, 2.05) is 12.1 Å². The zero-order valence-corrected chi connectivity index (χ0v) is 14.6. The SMILES string of the molecule is CCCc1cc(CN)cc(Oc2cc(Cl)c(Br)cc2Cl)n1. The van der Waals surface area contributed by atoms with Gasteiger partial charge in [0.15, 0.2) is 0 Å². The molecular weight excluding hydrogens is 375 g/mol. The van der Waals surface area contributed by atoms with Crippen molar-refractivity contribution < 1.29 is 4.74 Å². The van der Waals surface area contributed by atoms with Gasteiger partial charge in [-0.2, -0.15) is 0 Å². The summed E-state index contributed by atoms with van der Waals surface area (Å²) >= 11 is 15.5. The van der Waals surface area contributed by atoms with E-state index in [4.69, 9.17) is 33.7 Å². The number of halogens is 3. The number of pyridine rings is 1. The largest absolute Gasteiger partial charge is 0.437 e. The number of hydrogen-bond acceptors (Lipinski definition) is 3. The Hall–Kier alpha value is -0.810. The van der Waals surface area contributed by atoms with Crippen LogP contribution < -0.4 is 10.5 Å². The zero-order valence-electron chi connectivity index (χ0n) is 11.5. The van der Waals surface area contributed by atoms with Crippen LogP contribution in [-0.2, 0) is 13.0 Å². The minimum absolute atomic E-state index is 0.435. The van der Waals surface area contributed by atoms with Crippen LogP contribution in [-0.4, -0.2) is 4.98 Å². The number of nitrogens with zero attached hydrogens (tertiary/aromatic N) is 1. The van der Waals surface area contributed by atoms with Crippen molar-refractivity contribution in [3.05, 3.63) is 50.0 Å². The molecule has 0 saturated carbocycles. The van der Waals surface area contributed by atoms with Gasteiger partial charge < -0.3 is 10.5 Å². The number of rotatable bonds is 5. The van der Waals surface area contributed by atoms with E-state index < -0.39 is 0 Å². The van der Waals surface area contributed by atoms with E-state index in [-0.39, 0.29) is 0 Å². The predicted octanol–water partition coefficient (Wildman–Crippen LogP) is 5.35. The third-order valence-electron chi connectivity index (χ3n) is 2.85. The molecule has 0 unspecified atom stereocenters. The second-order valence-corrected chi connectivity index (χ2v) is 6.23. The van der Waals surface area contributed by atoms with Gasteiger partial charge in [0.2, 0.25) is 5.88 Å². The Kier molecular flexibility index (Phi) is 5.88. The first-order chi connectivity index (χ1) is 10.0. The quantitative estimate of drug-likeness (QED) is 0.700. The Morgan fingerprint density at radius 2 is 1.95 bits per heavy atom. The summed E-state index contributed by atoms with van der Waals surface area (Å²) in [4.78, 5) is 4.47. The Labute approximate surface area is 142 Å². The average molecular weight is 390 g/mol. The van der Waals surface area contributed by atoms with Crippen molar-refractivity contribution in [1.29, 1.82) is 0 Å². The van der Waals surface area contributed by atoms with E-state index in [1.54, 1.807) is 12.1 Å². The number of hydrogen-bond donors (Lipinski definition) is 1. The van der Waals surface area contributed by atoms with E-state index in [9.17, 15) is 0 Å². The molecule has 0 aliphatic carbocycles. The summed E-state index contributed by atoms with van der Waals surface area (Å²) in [6, 6.07) is 7.15. The van der Waals surface area contributed by atoms with Gasteiger partial charge in [-0.15, -0.1) is 0 Å². The second-order valence-electron chi connectivity index (χ2n) is 4.56. The molecule has 21 heavy (non-hydrogen) atoms. The molecule has 0 aliphatic rings. The normalized spacial score (nSPS) is 10.7. The first-order valence-corrected chi connectivity index (χ1v) is 8.10. The van der Waals surface area contributed by atoms with Crippen LogP contribution in [0.3, 0.4) is 0 Å². The number of aryl methyl sites for hydroxylation is 1. The van der Waals surface area contributed by atoms with Crippen LogP contribution in [0.15, 0.2) is 28.7 Å². The Balaban J connectivity index is 2.34. The van der Waals surface area contributed by atoms with Crippen molar-refractivity contribution in [3.63, 3.8) is 0 Å². The van der Waals surface area contributed by atoms with Crippen LogP contribution in [0.4, 0.5) is 0 Å². The molecule has 2 aromatic rings. The predicted molar refractivity (Wildman–Crippen MR) is 90.4 cm³/mol. The van der Waals surface area contributed by atoms with E-state index >= 15 is 0 Å². The first-order valence-electron chi connectivity index (χ1n) is 6.55. The smallest absolute Gasteiger partial charge is 0.219 e. The summed E-state index contributed by atoms with van der Waals surface area (Å²) in [7, 11) is 0. The highest BCUT2D eigenvalue weighted by atomic mass is 79.9. The lowest BCUT2D eigenvalue weighted by molar-refractivity contribution is 0.460. The van der Waals surface area contributed by atoms with Crippen LogP contribution in [0.1, 0.15) is 24.6 Å². The molecule has 0 spiro atoms. The second kappa shape index (κ2) is 7.45. The lowest BCUT2D eigenvalue weighted by atomic mass is 10.1. The number of aromatic nitrogens is 1. The highest BCUT2D eigenvalue weighted by Crippen LogP contribution is 2.36. The van der Waals surface area contributed by atoms with Gasteiger partial charge in [0, 0.05) is 28.8 Å². The average Bonchev–Trinajstić information content (AvgIpc) is 2.45. The van der Waals surface area contributed by atoms with Crippen molar-refractivity contribution in [1.82, 2.24) is 4.98 Å². The van der Waals surface area contributed by atoms with Gasteiger partial charge in [0.1, 0.15) is 5.75 Å².